The van der Waals surface area contributed by atoms with Gasteiger partial charge in [-0.25, -0.2) is 4.39 Å². The van der Waals surface area contributed by atoms with Crippen LogP contribution in [0, 0.1) is 11.3 Å². The summed E-state index contributed by atoms with van der Waals surface area (Å²) < 4.78 is 20.6. The summed E-state index contributed by atoms with van der Waals surface area (Å²) in [6.07, 6.45) is 4.93. The van der Waals surface area contributed by atoms with Crippen LogP contribution in [0.15, 0.2) is 6.20 Å². The molecule has 4 aliphatic rings. The highest BCUT2D eigenvalue weighted by Gasteiger charge is 2.52. The highest BCUT2D eigenvalue weighted by molar-refractivity contribution is 7.16. The summed E-state index contributed by atoms with van der Waals surface area (Å²) in [7, 11) is 0. The average Bonchev–Trinajstić information content (AvgIpc) is 3.74. The lowest BCUT2D eigenvalue weighted by Gasteiger charge is -2.48. The van der Waals surface area contributed by atoms with Crippen LogP contribution in [0.2, 0.25) is 5.15 Å². The molecule has 3 fully saturated rings. The molecule has 0 amide bonds. The highest BCUT2D eigenvalue weighted by atomic mass is 35.5. The Balaban J connectivity index is 1.19. The number of alkyl halides is 1. The zero-order valence-electron chi connectivity index (χ0n) is 23.0. The Hall–Kier alpha value is -3.25. The van der Waals surface area contributed by atoms with Crippen LogP contribution in [-0.4, -0.2) is 92.8 Å². The number of nitrogens with zero attached hydrogens (tertiary/aromatic N) is 8. The van der Waals surface area contributed by atoms with E-state index in [9.17, 15) is 14.8 Å². The summed E-state index contributed by atoms with van der Waals surface area (Å²) in [5, 5.41) is 27.4. The second-order valence-corrected chi connectivity index (χ2v) is 13.3. The van der Waals surface area contributed by atoms with Crippen LogP contribution in [0.25, 0.3) is 0 Å². The van der Waals surface area contributed by atoms with Crippen LogP contribution in [-0.2, 0) is 18.4 Å². The van der Waals surface area contributed by atoms with Crippen LogP contribution < -0.4 is 20.3 Å². The maximum atomic E-state index is 14.4. The van der Waals surface area contributed by atoms with Gasteiger partial charge in [0.1, 0.15) is 29.0 Å². The third kappa shape index (κ3) is 4.54. The fourth-order valence-corrected chi connectivity index (χ4v) is 8.57. The van der Waals surface area contributed by atoms with Gasteiger partial charge in [0.2, 0.25) is 11.9 Å². The summed E-state index contributed by atoms with van der Waals surface area (Å²) >= 11 is 7.79. The van der Waals surface area contributed by atoms with Gasteiger partial charge in [-0.15, -0.1) is 11.3 Å². The van der Waals surface area contributed by atoms with Gasteiger partial charge in [0.15, 0.2) is 0 Å². The van der Waals surface area contributed by atoms with E-state index in [4.69, 9.17) is 32.0 Å². The van der Waals surface area contributed by atoms with E-state index in [2.05, 4.69) is 31.1 Å². The number of rotatable bonds is 9. The number of aryl methyl sites for hydroxylation is 1. The Morgan fingerprint density at radius 3 is 2.95 bits per heavy atom. The second kappa shape index (κ2) is 10.5. The normalized spacial score (nSPS) is 24.0. The lowest BCUT2D eigenvalue weighted by atomic mass is 9.74. The Bertz CT molecular complexity index is 1540. The van der Waals surface area contributed by atoms with Crippen LogP contribution in [0.3, 0.4) is 0 Å². The van der Waals surface area contributed by atoms with Crippen molar-refractivity contribution < 1.29 is 14.2 Å². The largest absolute Gasteiger partial charge is 0.461 e. The van der Waals surface area contributed by atoms with Gasteiger partial charge >= 0.3 is 6.01 Å². The first-order valence-electron chi connectivity index (χ1n) is 14.2. The van der Waals surface area contributed by atoms with Crippen LogP contribution >= 0.6 is 22.9 Å². The molecule has 2 atom stereocenters. The highest BCUT2D eigenvalue weighted by Crippen LogP contribution is 2.52. The Labute approximate surface area is 251 Å². The average molecular weight is 615 g/mol. The van der Waals surface area contributed by atoms with E-state index in [-0.39, 0.29) is 36.7 Å². The molecule has 3 saturated heterocycles. The number of fused-ring (bicyclic) bond motifs is 3. The van der Waals surface area contributed by atoms with Gasteiger partial charge in [0.05, 0.1) is 30.5 Å². The molecule has 1 spiro atoms. The number of nitrogen functional groups attached to an aromatic ring is 1. The molecule has 3 aromatic heterocycles. The van der Waals surface area contributed by atoms with E-state index >= 15 is 0 Å². The number of aromatic amines is 1. The first kappa shape index (κ1) is 27.6. The van der Waals surface area contributed by atoms with Gasteiger partial charge in [0.25, 0.3) is 0 Å². The van der Waals surface area contributed by atoms with Crippen molar-refractivity contribution >= 4 is 39.8 Å². The molecule has 0 aromatic carbocycles. The van der Waals surface area contributed by atoms with Crippen LogP contribution in [0.4, 0.5) is 21.3 Å². The van der Waals surface area contributed by atoms with Gasteiger partial charge in [-0.05, 0) is 37.8 Å². The number of hydrogen-bond donors (Lipinski definition) is 3. The first-order chi connectivity index (χ1) is 20.3. The first-order valence-corrected chi connectivity index (χ1v) is 15.4. The molecule has 15 heteroatoms. The van der Waals surface area contributed by atoms with Crippen molar-refractivity contribution in [3.8, 4) is 12.1 Å². The van der Waals surface area contributed by atoms with Gasteiger partial charge in [0, 0.05) is 48.5 Å². The van der Waals surface area contributed by atoms with Crippen molar-refractivity contribution in [2.75, 3.05) is 61.5 Å². The number of thiophene rings is 1. The van der Waals surface area contributed by atoms with Gasteiger partial charge in [-0.3, -0.25) is 10.00 Å². The molecule has 0 radical (unpaired) electrons. The lowest BCUT2D eigenvalue weighted by Crippen LogP contribution is -2.59. The Morgan fingerprint density at radius 2 is 2.19 bits per heavy atom. The molecule has 7 rings (SSSR count). The van der Waals surface area contributed by atoms with E-state index < -0.39 is 6.17 Å². The molecule has 3 aromatic rings. The predicted molar refractivity (Wildman–Crippen MR) is 156 cm³/mol. The summed E-state index contributed by atoms with van der Waals surface area (Å²) in [5.41, 5.74) is 8.06. The minimum Gasteiger partial charge on any atom is -0.461 e. The topological polar surface area (TPSA) is 156 Å². The van der Waals surface area contributed by atoms with Crippen molar-refractivity contribution in [3.05, 3.63) is 32.9 Å². The molecule has 222 valence electrons. The molecule has 4 N–H and O–H groups in total. The number of halogens is 2. The van der Waals surface area contributed by atoms with E-state index in [0.717, 1.165) is 43.4 Å². The minimum absolute atomic E-state index is 0.130. The number of hydrogen-bond acceptors (Lipinski definition) is 12. The molecular weight excluding hydrogens is 583 g/mol. The maximum absolute atomic E-state index is 14.4. The third-order valence-electron chi connectivity index (χ3n) is 9.25. The summed E-state index contributed by atoms with van der Waals surface area (Å²) in [4.78, 5) is 21.4. The summed E-state index contributed by atoms with van der Waals surface area (Å²) in [6, 6.07) is 2.47. The second-order valence-electron chi connectivity index (χ2n) is 11.8. The molecule has 0 unspecified atom stereocenters. The van der Waals surface area contributed by atoms with Gasteiger partial charge in [-0.1, -0.05) is 11.6 Å². The van der Waals surface area contributed by atoms with E-state index in [1.807, 2.05) is 0 Å². The monoisotopic (exact) mass is 614 g/mol. The number of nitrogens with one attached hydrogen (secondary N) is 1. The fraction of sp³-hybridized carbons (Fsp3) is 0.593. The zero-order chi connectivity index (χ0) is 29.1. The standard InChI is InChI=1S/C27H32ClFN10O2S/c28-21-16(10-32-36-21)11-37(6-7-40)23-33-24(35-25(34-23)41-15-27-3-1-5-39(27)12-17(29)8-27)38-13-26(14-38)4-2-19-20(26)18(9-30)22(31)42-19/h10,17,40H,1-8,11-15,31H2,(H,32,36)/t17-,27+/m1/s1. The Kier molecular flexibility index (Phi) is 6.88. The molecule has 6 heterocycles. The smallest absolute Gasteiger partial charge is 0.323 e. The van der Waals surface area contributed by atoms with Crippen molar-refractivity contribution in [1.29, 1.82) is 5.26 Å². The third-order valence-corrected chi connectivity index (χ3v) is 10.7. The molecule has 0 saturated carbocycles. The quantitative estimate of drug-likeness (QED) is 0.325. The van der Waals surface area contributed by atoms with Crippen molar-refractivity contribution in [3.63, 3.8) is 0 Å². The molecule has 42 heavy (non-hydrogen) atoms. The molecule has 1 aliphatic carbocycles. The number of aliphatic hydroxyl groups excluding tert-OH is 1. The fourth-order valence-electron chi connectivity index (χ4n) is 7.28. The number of nitrogens with two attached hydrogens (primary N) is 1. The number of aromatic nitrogens is 5. The number of nitriles is 1. The van der Waals surface area contributed by atoms with E-state index in [1.165, 1.54) is 16.2 Å². The summed E-state index contributed by atoms with van der Waals surface area (Å²) in [6.45, 7) is 3.30. The zero-order valence-corrected chi connectivity index (χ0v) is 24.6. The van der Waals surface area contributed by atoms with Gasteiger partial charge < -0.3 is 25.4 Å². The maximum Gasteiger partial charge on any atom is 0.323 e. The molecule has 3 aliphatic heterocycles. The van der Waals surface area contributed by atoms with Crippen molar-refractivity contribution in [2.24, 2.45) is 0 Å². The number of anilines is 3. The number of ether oxygens (including phenoxy) is 1. The molecular formula is C27H32ClFN10O2S. The van der Waals surface area contributed by atoms with E-state index in [1.54, 1.807) is 11.1 Å². The van der Waals surface area contributed by atoms with Crippen molar-refractivity contribution in [2.45, 2.75) is 55.8 Å². The minimum atomic E-state index is -0.865. The Morgan fingerprint density at radius 1 is 1.33 bits per heavy atom. The number of aliphatic hydroxyl groups is 1. The van der Waals surface area contributed by atoms with E-state index in [0.29, 0.717) is 60.2 Å². The molecule has 0 bridgehead atoms. The number of H-pyrrole nitrogens is 1. The predicted octanol–water partition coefficient (Wildman–Crippen LogP) is 2.42. The van der Waals surface area contributed by atoms with Crippen LogP contribution in [0.1, 0.15) is 47.3 Å². The lowest BCUT2D eigenvalue weighted by molar-refractivity contribution is 0.107. The SMILES string of the molecule is N#Cc1c(N)sc2c1C1(CC2)CN(c2nc(OC[C@@]34CCCN3C[C@H](F)C4)nc(N(CCO)Cc3cn[nH]c3Cl)n2)C1. The summed E-state index contributed by atoms with van der Waals surface area (Å²) in [5.74, 6) is 0.787. The van der Waals surface area contributed by atoms with Crippen molar-refractivity contribution in [1.82, 2.24) is 30.0 Å². The van der Waals surface area contributed by atoms with Crippen LogP contribution in [0.5, 0.6) is 6.01 Å². The van der Waals surface area contributed by atoms with Gasteiger partial charge in [-0.2, -0.15) is 25.3 Å². The molecule has 12 nitrogen and oxygen atoms in total.